The van der Waals surface area contributed by atoms with Crippen molar-refractivity contribution in [1.82, 2.24) is 5.32 Å². The summed E-state index contributed by atoms with van der Waals surface area (Å²) >= 11 is 0. The molecule has 0 unspecified atom stereocenters. The summed E-state index contributed by atoms with van der Waals surface area (Å²) in [6.45, 7) is 9.46. The lowest BCUT2D eigenvalue weighted by molar-refractivity contribution is -0.384. The van der Waals surface area contributed by atoms with E-state index in [1.54, 1.807) is 6.07 Å². The largest absolute Gasteiger partial charge is 0.378 e. The van der Waals surface area contributed by atoms with Crippen LogP contribution in [-0.2, 0) is 11.3 Å². The molecule has 6 heteroatoms. The molecule has 0 radical (unpaired) electrons. The molecule has 2 rings (SSSR count). The number of nitro groups is 1. The molecular formula is C15H23N3O3. The molecule has 0 atom stereocenters. The first-order valence-corrected chi connectivity index (χ1v) is 7.22. The van der Waals surface area contributed by atoms with Gasteiger partial charge in [0.25, 0.3) is 5.69 Å². The van der Waals surface area contributed by atoms with Gasteiger partial charge < -0.3 is 15.0 Å². The van der Waals surface area contributed by atoms with Crippen LogP contribution in [0.5, 0.6) is 0 Å². The number of hydrogen-bond donors (Lipinski definition) is 1. The van der Waals surface area contributed by atoms with Crippen LogP contribution in [0.3, 0.4) is 0 Å². The fourth-order valence-electron chi connectivity index (χ4n) is 2.26. The zero-order valence-electron chi connectivity index (χ0n) is 12.9. The lowest BCUT2D eigenvalue weighted by atomic mass is 10.1. The van der Waals surface area contributed by atoms with Crippen molar-refractivity contribution in [3.63, 3.8) is 0 Å². The average Bonchev–Trinajstić information content (AvgIpc) is 2.45. The molecule has 1 saturated heterocycles. The first-order valence-electron chi connectivity index (χ1n) is 7.22. The van der Waals surface area contributed by atoms with E-state index in [0.29, 0.717) is 38.5 Å². The van der Waals surface area contributed by atoms with E-state index in [-0.39, 0.29) is 16.1 Å². The van der Waals surface area contributed by atoms with Crippen LogP contribution in [-0.4, -0.2) is 36.8 Å². The predicted molar refractivity (Wildman–Crippen MR) is 82.7 cm³/mol. The third-order valence-corrected chi connectivity index (χ3v) is 3.41. The molecule has 6 nitrogen and oxygen atoms in total. The molecular weight excluding hydrogens is 270 g/mol. The van der Waals surface area contributed by atoms with Gasteiger partial charge in [0.1, 0.15) is 5.69 Å². The Labute approximate surface area is 125 Å². The van der Waals surface area contributed by atoms with E-state index in [4.69, 9.17) is 4.74 Å². The van der Waals surface area contributed by atoms with Crippen LogP contribution in [0.25, 0.3) is 0 Å². The second-order valence-electron chi connectivity index (χ2n) is 6.28. The lowest BCUT2D eigenvalue weighted by Crippen LogP contribution is -2.37. The van der Waals surface area contributed by atoms with Crippen molar-refractivity contribution in [2.45, 2.75) is 32.9 Å². The second kappa shape index (κ2) is 6.41. The third kappa shape index (κ3) is 4.41. The predicted octanol–water partition coefficient (Wildman–Crippen LogP) is 2.32. The average molecular weight is 293 g/mol. The Bertz CT molecular complexity index is 505. The molecule has 0 spiro atoms. The standard InChI is InChI=1S/C15H23N3O3/c1-15(2,3)16-11-12-4-5-13(14(10-12)18(19)20)17-6-8-21-9-7-17/h4-5,10,16H,6-9,11H2,1-3H3. The highest BCUT2D eigenvalue weighted by atomic mass is 16.6. The summed E-state index contributed by atoms with van der Waals surface area (Å²) in [5.41, 5.74) is 1.76. The fraction of sp³-hybridized carbons (Fsp3) is 0.600. The van der Waals surface area contributed by atoms with Crippen molar-refractivity contribution >= 4 is 11.4 Å². The second-order valence-corrected chi connectivity index (χ2v) is 6.28. The minimum atomic E-state index is -0.300. The van der Waals surface area contributed by atoms with Gasteiger partial charge >= 0.3 is 0 Å². The van der Waals surface area contributed by atoms with Gasteiger partial charge in [-0.2, -0.15) is 0 Å². The van der Waals surface area contributed by atoms with E-state index in [1.165, 1.54) is 0 Å². The summed E-state index contributed by atoms with van der Waals surface area (Å²) in [6.07, 6.45) is 0. The summed E-state index contributed by atoms with van der Waals surface area (Å²) < 4.78 is 5.30. The molecule has 0 bridgehead atoms. The highest BCUT2D eigenvalue weighted by Gasteiger charge is 2.22. The Morgan fingerprint density at radius 3 is 2.57 bits per heavy atom. The molecule has 21 heavy (non-hydrogen) atoms. The number of rotatable bonds is 4. The Kier molecular flexibility index (Phi) is 4.80. The van der Waals surface area contributed by atoms with Gasteiger partial charge in [0.05, 0.1) is 18.1 Å². The van der Waals surface area contributed by atoms with Crippen molar-refractivity contribution in [3.8, 4) is 0 Å². The molecule has 0 aliphatic carbocycles. The summed E-state index contributed by atoms with van der Waals surface area (Å²) in [6, 6.07) is 5.48. The first kappa shape index (κ1) is 15.7. The Morgan fingerprint density at radius 1 is 1.33 bits per heavy atom. The highest BCUT2D eigenvalue weighted by Crippen LogP contribution is 2.30. The molecule has 1 fully saturated rings. The highest BCUT2D eigenvalue weighted by molar-refractivity contribution is 5.64. The summed E-state index contributed by atoms with van der Waals surface area (Å²) in [7, 11) is 0. The maximum absolute atomic E-state index is 11.3. The van der Waals surface area contributed by atoms with Crippen LogP contribution in [0.4, 0.5) is 11.4 Å². The van der Waals surface area contributed by atoms with Gasteiger partial charge in [-0.15, -0.1) is 0 Å². The van der Waals surface area contributed by atoms with E-state index in [0.717, 1.165) is 5.56 Å². The third-order valence-electron chi connectivity index (χ3n) is 3.41. The van der Waals surface area contributed by atoms with Crippen molar-refractivity contribution in [3.05, 3.63) is 33.9 Å². The molecule has 1 aromatic rings. The first-order chi connectivity index (χ1) is 9.87. The van der Waals surface area contributed by atoms with Crippen molar-refractivity contribution < 1.29 is 9.66 Å². The number of benzene rings is 1. The maximum atomic E-state index is 11.3. The minimum absolute atomic E-state index is 0.0162. The van der Waals surface area contributed by atoms with Gasteiger partial charge in [-0.1, -0.05) is 6.07 Å². The van der Waals surface area contributed by atoms with Crippen molar-refractivity contribution in [2.75, 3.05) is 31.2 Å². The molecule has 1 aromatic carbocycles. The molecule has 0 saturated carbocycles. The SMILES string of the molecule is CC(C)(C)NCc1ccc(N2CCOCC2)c([N+](=O)[O-])c1. The Balaban J connectivity index is 2.20. The van der Waals surface area contributed by atoms with Gasteiger partial charge in [-0.25, -0.2) is 0 Å². The van der Waals surface area contributed by atoms with Gasteiger partial charge in [0.15, 0.2) is 0 Å². The maximum Gasteiger partial charge on any atom is 0.292 e. The minimum Gasteiger partial charge on any atom is -0.378 e. The number of hydrogen-bond acceptors (Lipinski definition) is 5. The molecule has 1 heterocycles. The number of nitrogens with zero attached hydrogens (tertiary/aromatic N) is 2. The topological polar surface area (TPSA) is 67.6 Å². The molecule has 0 aromatic heterocycles. The summed E-state index contributed by atoms with van der Waals surface area (Å²) in [5, 5.41) is 14.7. The summed E-state index contributed by atoms with van der Waals surface area (Å²) in [4.78, 5) is 13.1. The van der Waals surface area contributed by atoms with Crippen LogP contribution in [0.1, 0.15) is 26.3 Å². The van der Waals surface area contributed by atoms with Crippen LogP contribution in [0, 0.1) is 10.1 Å². The van der Waals surface area contributed by atoms with Gasteiger partial charge in [-0.05, 0) is 32.4 Å². The van der Waals surface area contributed by atoms with Crippen LogP contribution in [0.2, 0.25) is 0 Å². The van der Waals surface area contributed by atoms with Crippen molar-refractivity contribution in [1.29, 1.82) is 0 Å². The van der Waals surface area contributed by atoms with Crippen molar-refractivity contribution in [2.24, 2.45) is 0 Å². The monoisotopic (exact) mass is 293 g/mol. The zero-order valence-corrected chi connectivity index (χ0v) is 12.9. The van der Waals surface area contributed by atoms with E-state index in [9.17, 15) is 10.1 Å². The smallest absolute Gasteiger partial charge is 0.292 e. The lowest BCUT2D eigenvalue weighted by Gasteiger charge is -2.28. The molecule has 1 aliphatic heterocycles. The normalized spacial score (nSPS) is 16.0. The zero-order chi connectivity index (χ0) is 15.5. The Morgan fingerprint density at radius 2 is 2.00 bits per heavy atom. The van der Waals surface area contributed by atoms with E-state index in [1.807, 2.05) is 17.0 Å². The summed E-state index contributed by atoms with van der Waals surface area (Å²) in [5.74, 6) is 0. The number of anilines is 1. The Hall–Kier alpha value is -1.66. The van der Waals surface area contributed by atoms with Gasteiger partial charge in [0.2, 0.25) is 0 Å². The van der Waals surface area contributed by atoms with Crippen LogP contribution >= 0.6 is 0 Å². The fourth-order valence-corrected chi connectivity index (χ4v) is 2.26. The van der Waals surface area contributed by atoms with E-state index >= 15 is 0 Å². The molecule has 1 aliphatic rings. The number of nitrogens with one attached hydrogen (secondary N) is 1. The van der Waals surface area contributed by atoms with Gasteiger partial charge in [-0.3, -0.25) is 10.1 Å². The van der Waals surface area contributed by atoms with Crippen LogP contribution in [0.15, 0.2) is 18.2 Å². The number of ether oxygens (including phenoxy) is 1. The number of nitro benzene ring substituents is 1. The molecule has 1 N–H and O–H groups in total. The quantitative estimate of drug-likeness (QED) is 0.681. The van der Waals surface area contributed by atoms with E-state index in [2.05, 4.69) is 26.1 Å². The van der Waals surface area contributed by atoms with Crippen LogP contribution < -0.4 is 10.2 Å². The molecule has 0 amide bonds. The molecule has 116 valence electrons. The number of morpholine rings is 1. The van der Waals surface area contributed by atoms with E-state index < -0.39 is 0 Å². The van der Waals surface area contributed by atoms with Gasteiger partial charge in [0, 0.05) is 31.2 Å².